The van der Waals surface area contributed by atoms with E-state index in [2.05, 4.69) is 15.0 Å². The molecule has 1 amide bonds. The van der Waals surface area contributed by atoms with E-state index in [4.69, 9.17) is 5.73 Å². The van der Waals surface area contributed by atoms with Crippen LogP contribution in [-0.2, 0) is 10.0 Å². The number of aryl methyl sites for hydroxylation is 1. The maximum atomic E-state index is 12.0. The van der Waals surface area contributed by atoms with E-state index < -0.39 is 15.6 Å². The van der Waals surface area contributed by atoms with Crippen molar-refractivity contribution >= 4 is 21.7 Å². The number of nitrogens with one attached hydrogen (secondary N) is 2. The van der Waals surface area contributed by atoms with Gasteiger partial charge in [0.15, 0.2) is 0 Å². The number of carbonyl (C=O) groups excluding carboxylic acids is 1. The van der Waals surface area contributed by atoms with E-state index >= 15 is 0 Å². The monoisotopic (exact) mass is 300 g/mol. The molecular formula is C12H20N4O3S. The van der Waals surface area contributed by atoms with Crippen LogP contribution in [-0.4, -0.2) is 37.6 Å². The zero-order chi connectivity index (χ0) is 15.6. The first-order valence-corrected chi connectivity index (χ1v) is 7.89. The molecule has 0 aromatic carbocycles. The highest BCUT2D eigenvalue weighted by atomic mass is 32.2. The highest BCUT2D eigenvalue weighted by Gasteiger charge is 2.23. The van der Waals surface area contributed by atoms with E-state index in [0.29, 0.717) is 11.3 Å². The molecule has 1 heterocycles. The Morgan fingerprint density at radius 3 is 2.50 bits per heavy atom. The fraction of sp³-hybridized carbons (Fsp3) is 0.500. The number of hydrogen-bond donors (Lipinski definition) is 3. The molecule has 112 valence electrons. The van der Waals surface area contributed by atoms with E-state index in [-0.39, 0.29) is 18.3 Å². The molecule has 7 nitrogen and oxygen atoms in total. The van der Waals surface area contributed by atoms with Crippen molar-refractivity contribution in [2.45, 2.75) is 26.3 Å². The number of hydrogen-bond acceptors (Lipinski definition) is 5. The summed E-state index contributed by atoms with van der Waals surface area (Å²) in [7, 11) is -3.34. The average molecular weight is 300 g/mol. The number of carbonyl (C=O) groups is 1. The first kappa shape index (κ1) is 16.4. The molecule has 0 bridgehead atoms. The number of sulfonamides is 1. The van der Waals surface area contributed by atoms with Crippen molar-refractivity contribution in [2.24, 2.45) is 0 Å². The van der Waals surface area contributed by atoms with Crippen LogP contribution in [0.1, 0.15) is 29.9 Å². The highest BCUT2D eigenvalue weighted by Crippen LogP contribution is 2.08. The summed E-state index contributed by atoms with van der Waals surface area (Å²) in [6, 6.07) is 3.09. The molecule has 0 saturated carbocycles. The van der Waals surface area contributed by atoms with E-state index in [9.17, 15) is 13.2 Å². The number of anilines is 1. The van der Waals surface area contributed by atoms with Crippen molar-refractivity contribution in [3.63, 3.8) is 0 Å². The Kier molecular flexibility index (Phi) is 4.72. The largest absolute Gasteiger partial charge is 0.384 e. The van der Waals surface area contributed by atoms with Crippen molar-refractivity contribution < 1.29 is 13.2 Å². The Hall–Kier alpha value is -1.67. The summed E-state index contributed by atoms with van der Waals surface area (Å²) in [5, 5.41) is 2.67. The summed E-state index contributed by atoms with van der Waals surface area (Å²) in [4.78, 5) is 16.0. The topological polar surface area (TPSA) is 114 Å². The Morgan fingerprint density at radius 1 is 1.40 bits per heavy atom. The molecule has 1 aromatic rings. The first-order valence-electron chi connectivity index (χ1n) is 6.00. The summed E-state index contributed by atoms with van der Waals surface area (Å²) in [6.45, 7) is 5.25. The van der Waals surface area contributed by atoms with E-state index in [0.717, 1.165) is 6.26 Å². The van der Waals surface area contributed by atoms with Crippen LogP contribution in [0.3, 0.4) is 0 Å². The van der Waals surface area contributed by atoms with Crippen LogP contribution < -0.4 is 15.8 Å². The van der Waals surface area contributed by atoms with Crippen molar-refractivity contribution in [1.29, 1.82) is 0 Å². The third-order valence-corrected chi connectivity index (χ3v) is 3.31. The van der Waals surface area contributed by atoms with Crippen LogP contribution in [0.15, 0.2) is 12.1 Å². The Balaban J connectivity index is 2.72. The van der Waals surface area contributed by atoms with Gasteiger partial charge in [0.2, 0.25) is 10.0 Å². The van der Waals surface area contributed by atoms with Crippen LogP contribution in [0.4, 0.5) is 5.82 Å². The summed E-state index contributed by atoms with van der Waals surface area (Å²) < 4.78 is 24.8. The van der Waals surface area contributed by atoms with Gasteiger partial charge in [0, 0.05) is 23.3 Å². The van der Waals surface area contributed by atoms with Crippen molar-refractivity contribution in [1.82, 2.24) is 15.0 Å². The molecule has 1 rings (SSSR count). The molecule has 0 saturated heterocycles. The molecule has 1 aromatic heterocycles. The fourth-order valence-electron chi connectivity index (χ4n) is 1.77. The zero-order valence-electron chi connectivity index (χ0n) is 12.0. The molecule has 0 atom stereocenters. The SMILES string of the molecule is Cc1cc(C(=O)NCC(C)(C)NS(C)(=O)=O)cc(N)n1. The number of nitrogens with two attached hydrogens (primary N) is 1. The molecule has 8 heteroatoms. The van der Waals surface area contributed by atoms with Gasteiger partial charge in [-0.1, -0.05) is 0 Å². The molecule has 0 unspecified atom stereocenters. The lowest BCUT2D eigenvalue weighted by atomic mass is 10.1. The zero-order valence-corrected chi connectivity index (χ0v) is 12.8. The fourth-order valence-corrected chi connectivity index (χ4v) is 2.84. The predicted molar refractivity (Wildman–Crippen MR) is 77.8 cm³/mol. The van der Waals surface area contributed by atoms with Crippen LogP contribution in [0.5, 0.6) is 0 Å². The molecule has 0 radical (unpaired) electrons. The number of nitrogens with zero attached hydrogens (tertiary/aromatic N) is 1. The number of pyridine rings is 1. The second-order valence-corrected chi connectivity index (χ2v) is 7.11. The van der Waals surface area contributed by atoms with Gasteiger partial charge in [-0.15, -0.1) is 0 Å². The maximum absolute atomic E-state index is 12.0. The second-order valence-electron chi connectivity index (χ2n) is 5.36. The number of aromatic nitrogens is 1. The van der Waals surface area contributed by atoms with Crippen LogP contribution in [0, 0.1) is 6.92 Å². The predicted octanol–water partition coefficient (Wildman–Crippen LogP) is 0.0298. The lowest BCUT2D eigenvalue weighted by molar-refractivity contribution is 0.0944. The Morgan fingerprint density at radius 2 is 2.00 bits per heavy atom. The average Bonchev–Trinajstić information content (AvgIpc) is 2.21. The number of rotatable bonds is 5. The smallest absolute Gasteiger partial charge is 0.251 e. The van der Waals surface area contributed by atoms with Crippen LogP contribution in [0.2, 0.25) is 0 Å². The summed E-state index contributed by atoms with van der Waals surface area (Å²) in [5.74, 6) is -0.0609. The van der Waals surface area contributed by atoms with Gasteiger partial charge in [-0.2, -0.15) is 0 Å². The Labute approximate surface area is 119 Å². The van der Waals surface area contributed by atoms with E-state index in [1.807, 2.05) is 0 Å². The van der Waals surface area contributed by atoms with Crippen molar-refractivity contribution in [3.05, 3.63) is 23.4 Å². The highest BCUT2D eigenvalue weighted by molar-refractivity contribution is 7.88. The third-order valence-electron chi connectivity index (χ3n) is 2.39. The van der Waals surface area contributed by atoms with Gasteiger partial charge in [-0.25, -0.2) is 18.1 Å². The molecular weight excluding hydrogens is 280 g/mol. The van der Waals surface area contributed by atoms with Gasteiger partial charge in [-0.3, -0.25) is 4.79 Å². The van der Waals surface area contributed by atoms with Gasteiger partial charge >= 0.3 is 0 Å². The summed E-state index contributed by atoms with van der Waals surface area (Å²) in [5.41, 5.74) is 5.83. The quantitative estimate of drug-likeness (QED) is 0.710. The second kappa shape index (κ2) is 5.76. The van der Waals surface area contributed by atoms with Gasteiger partial charge in [0.25, 0.3) is 5.91 Å². The Bertz CT molecular complexity index is 591. The van der Waals surface area contributed by atoms with Gasteiger partial charge in [-0.05, 0) is 32.9 Å². The van der Waals surface area contributed by atoms with Crippen molar-refractivity contribution in [3.8, 4) is 0 Å². The molecule has 0 aliphatic rings. The van der Waals surface area contributed by atoms with Gasteiger partial charge in [0.1, 0.15) is 5.82 Å². The van der Waals surface area contributed by atoms with Gasteiger partial charge < -0.3 is 11.1 Å². The lowest BCUT2D eigenvalue weighted by Gasteiger charge is -2.25. The molecule has 20 heavy (non-hydrogen) atoms. The third kappa shape index (κ3) is 5.54. The first-order chi connectivity index (χ1) is 8.98. The van der Waals surface area contributed by atoms with Crippen LogP contribution in [0.25, 0.3) is 0 Å². The molecule has 0 fully saturated rings. The minimum absolute atomic E-state index is 0.153. The normalized spacial score (nSPS) is 12.2. The van der Waals surface area contributed by atoms with Gasteiger partial charge in [0.05, 0.1) is 6.26 Å². The lowest BCUT2D eigenvalue weighted by Crippen LogP contribution is -2.51. The van der Waals surface area contributed by atoms with E-state index in [1.54, 1.807) is 26.8 Å². The standard InChI is InChI=1S/C12H20N4O3S/c1-8-5-9(6-10(13)15-8)11(17)14-7-12(2,3)16-20(4,18)19/h5-6,16H,7H2,1-4H3,(H2,13,15)(H,14,17). The maximum Gasteiger partial charge on any atom is 0.251 e. The number of amides is 1. The summed E-state index contributed by atoms with van der Waals surface area (Å²) >= 11 is 0. The molecule has 0 aliphatic carbocycles. The summed E-state index contributed by atoms with van der Waals surface area (Å²) in [6.07, 6.45) is 1.07. The minimum Gasteiger partial charge on any atom is -0.384 e. The minimum atomic E-state index is -3.34. The van der Waals surface area contributed by atoms with E-state index in [1.165, 1.54) is 6.07 Å². The van der Waals surface area contributed by atoms with Crippen LogP contribution >= 0.6 is 0 Å². The van der Waals surface area contributed by atoms with Crippen molar-refractivity contribution in [2.75, 3.05) is 18.5 Å². The number of nitrogen functional groups attached to an aromatic ring is 1. The molecule has 0 spiro atoms. The molecule has 4 N–H and O–H groups in total. The molecule has 0 aliphatic heterocycles.